The first kappa shape index (κ1) is 17.7. The number of rotatable bonds is 2. The molecule has 6 N–H and O–H groups in total. The van der Waals surface area contributed by atoms with Gasteiger partial charge in [-0.15, -0.1) is 0 Å². The van der Waals surface area contributed by atoms with Crippen molar-refractivity contribution in [2.45, 2.75) is 6.04 Å². The van der Waals surface area contributed by atoms with Crippen LogP contribution in [0.4, 0.5) is 17.3 Å². The summed E-state index contributed by atoms with van der Waals surface area (Å²) in [4.78, 5) is 17.3. The number of guanidine groups is 1. The van der Waals surface area contributed by atoms with Gasteiger partial charge < -0.3 is 16.8 Å². The maximum atomic E-state index is 9.41. The molecule has 0 radical (unpaired) electrons. The minimum Gasteiger partial charge on any atom is -0.397 e. The van der Waals surface area contributed by atoms with Crippen LogP contribution in [0.5, 0.6) is 0 Å². The molecule has 0 aliphatic carbocycles. The van der Waals surface area contributed by atoms with Gasteiger partial charge in [-0.25, -0.2) is 19.9 Å². The molecule has 1 unspecified atom stereocenters. The van der Waals surface area contributed by atoms with E-state index in [1.54, 1.807) is 18.5 Å². The van der Waals surface area contributed by atoms with Crippen LogP contribution in [0.1, 0.15) is 22.7 Å². The second-order valence-corrected chi connectivity index (χ2v) is 6.10. The summed E-state index contributed by atoms with van der Waals surface area (Å²) in [5.41, 5.74) is 14.4. The Kier molecular flexibility index (Phi) is 4.35. The Balaban J connectivity index is 1.90. The average molecular weight is 382 g/mol. The molecule has 0 bridgehead atoms. The van der Waals surface area contributed by atoms with Crippen molar-refractivity contribution in [2.24, 2.45) is 4.99 Å². The predicted octanol–water partition coefficient (Wildman–Crippen LogP) is 1.52. The lowest BCUT2D eigenvalue weighted by molar-refractivity contribution is 0.846. The lowest BCUT2D eigenvalue weighted by atomic mass is 9.94. The number of pyridine rings is 1. The fourth-order valence-corrected chi connectivity index (χ4v) is 3.12. The number of aliphatic imine (C=N–C) groups is 1. The molecular formula is C19H14N10. The Morgan fingerprint density at radius 1 is 1.10 bits per heavy atom. The zero-order valence-corrected chi connectivity index (χ0v) is 15.0. The summed E-state index contributed by atoms with van der Waals surface area (Å²) in [6.07, 6.45) is 5.14. The standard InChI is InChI=1S/C19H14N10/c20-8-12-14(22)13-15(27-19(26-9-21)29-18(13)28-16(12)23)10-3-1-4-11(7-10)17-24-5-2-6-25-17/h1-7,15H,(H6,22,23,26,27,28,29). The van der Waals surface area contributed by atoms with E-state index >= 15 is 0 Å². The van der Waals surface area contributed by atoms with Gasteiger partial charge in [-0.1, -0.05) is 18.2 Å². The number of hydrogen-bond acceptors (Lipinski definition) is 10. The van der Waals surface area contributed by atoms with E-state index < -0.39 is 6.04 Å². The third-order valence-electron chi connectivity index (χ3n) is 4.38. The number of nitrogen functional groups attached to an aromatic ring is 2. The lowest BCUT2D eigenvalue weighted by Gasteiger charge is -2.26. The first-order valence-corrected chi connectivity index (χ1v) is 8.48. The summed E-state index contributed by atoms with van der Waals surface area (Å²) in [6, 6.07) is 10.6. The van der Waals surface area contributed by atoms with E-state index in [-0.39, 0.29) is 23.0 Å². The normalized spacial score (nSPS) is 14.6. The highest BCUT2D eigenvalue weighted by Crippen LogP contribution is 2.40. The van der Waals surface area contributed by atoms with Gasteiger partial charge in [0.1, 0.15) is 29.3 Å². The topological polar surface area (TPSA) is 175 Å². The van der Waals surface area contributed by atoms with Crippen molar-refractivity contribution in [3.05, 3.63) is 59.4 Å². The number of aromatic nitrogens is 3. The number of nitrogens with one attached hydrogen (secondary N) is 2. The van der Waals surface area contributed by atoms with Gasteiger partial charge in [0, 0.05) is 23.5 Å². The molecule has 1 aliphatic rings. The Hall–Kier alpha value is -4.70. The lowest BCUT2D eigenvalue weighted by Crippen LogP contribution is -2.32. The Morgan fingerprint density at radius 3 is 2.62 bits per heavy atom. The third kappa shape index (κ3) is 3.11. The van der Waals surface area contributed by atoms with Crippen LogP contribution in [0.2, 0.25) is 0 Å². The summed E-state index contributed by atoms with van der Waals surface area (Å²) < 4.78 is 0. The van der Waals surface area contributed by atoms with Crippen LogP contribution in [-0.4, -0.2) is 20.9 Å². The SMILES string of the molecule is N#CNC1=NC(c2cccc(-c3ncccn3)c2)c2c(nc(N)c(C#N)c2N)N1. The first-order valence-electron chi connectivity index (χ1n) is 8.48. The molecule has 3 heterocycles. The minimum atomic E-state index is -0.619. The van der Waals surface area contributed by atoms with Crippen LogP contribution < -0.4 is 22.1 Å². The zero-order valence-electron chi connectivity index (χ0n) is 15.0. The van der Waals surface area contributed by atoms with Crippen LogP contribution in [0.15, 0.2) is 47.7 Å². The maximum Gasteiger partial charge on any atom is 0.211 e. The molecular weight excluding hydrogens is 368 g/mol. The molecule has 2 aromatic heterocycles. The maximum absolute atomic E-state index is 9.41. The quantitative estimate of drug-likeness (QED) is 0.378. The second kappa shape index (κ2) is 7.13. The number of anilines is 3. The summed E-state index contributed by atoms with van der Waals surface area (Å²) in [6.45, 7) is 0. The number of hydrogen-bond donors (Lipinski definition) is 4. The summed E-state index contributed by atoms with van der Waals surface area (Å²) in [7, 11) is 0. The highest BCUT2D eigenvalue weighted by molar-refractivity contribution is 5.98. The highest BCUT2D eigenvalue weighted by atomic mass is 15.2. The largest absolute Gasteiger partial charge is 0.397 e. The van der Waals surface area contributed by atoms with Crippen LogP contribution in [0.25, 0.3) is 11.4 Å². The minimum absolute atomic E-state index is 0.000330. The Bertz CT molecular complexity index is 1200. The van der Waals surface area contributed by atoms with Crippen molar-refractivity contribution >= 4 is 23.3 Å². The molecule has 0 spiro atoms. The predicted molar refractivity (Wildman–Crippen MR) is 107 cm³/mol. The molecule has 10 heteroatoms. The number of nitrogens with two attached hydrogens (primary N) is 2. The molecule has 0 amide bonds. The van der Waals surface area contributed by atoms with E-state index in [2.05, 4.69) is 30.6 Å². The fourth-order valence-electron chi connectivity index (χ4n) is 3.12. The van der Waals surface area contributed by atoms with E-state index in [9.17, 15) is 5.26 Å². The molecule has 29 heavy (non-hydrogen) atoms. The first-order chi connectivity index (χ1) is 14.1. The smallest absolute Gasteiger partial charge is 0.211 e. The number of benzene rings is 1. The Labute approximate surface area is 165 Å². The molecule has 1 aliphatic heterocycles. The molecule has 0 fully saturated rings. The molecule has 140 valence electrons. The van der Waals surface area contributed by atoms with Crippen molar-refractivity contribution < 1.29 is 0 Å². The summed E-state index contributed by atoms with van der Waals surface area (Å²) in [5, 5.41) is 23.8. The summed E-state index contributed by atoms with van der Waals surface area (Å²) in [5.74, 6) is 1.09. The van der Waals surface area contributed by atoms with Gasteiger partial charge >= 0.3 is 0 Å². The van der Waals surface area contributed by atoms with E-state index in [1.165, 1.54) is 0 Å². The number of nitrogens with zero attached hydrogens (tertiary/aromatic N) is 6. The van der Waals surface area contributed by atoms with Crippen molar-refractivity contribution in [3.8, 4) is 23.7 Å². The van der Waals surface area contributed by atoms with E-state index in [4.69, 9.17) is 16.7 Å². The van der Waals surface area contributed by atoms with Crippen molar-refractivity contribution in [1.29, 1.82) is 10.5 Å². The van der Waals surface area contributed by atoms with Crippen LogP contribution in [-0.2, 0) is 0 Å². The molecule has 10 nitrogen and oxygen atoms in total. The van der Waals surface area contributed by atoms with Gasteiger partial charge in [0.15, 0.2) is 12.0 Å². The van der Waals surface area contributed by atoms with Gasteiger partial charge in [0.25, 0.3) is 0 Å². The van der Waals surface area contributed by atoms with Crippen molar-refractivity contribution in [2.75, 3.05) is 16.8 Å². The molecule has 4 rings (SSSR count). The third-order valence-corrected chi connectivity index (χ3v) is 4.38. The van der Waals surface area contributed by atoms with Gasteiger partial charge in [-0.2, -0.15) is 10.5 Å². The van der Waals surface area contributed by atoms with Gasteiger partial charge in [-0.3, -0.25) is 5.32 Å². The Morgan fingerprint density at radius 2 is 1.90 bits per heavy atom. The molecule has 3 aromatic rings. The van der Waals surface area contributed by atoms with Gasteiger partial charge in [-0.05, 0) is 17.7 Å². The number of nitriles is 2. The van der Waals surface area contributed by atoms with Crippen molar-refractivity contribution in [1.82, 2.24) is 20.3 Å². The van der Waals surface area contributed by atoms with Crippen LogP contribution >= 0.6 is 0 Å². The monoisotopic (exact) mass is 382 g/mol. The fraction of sp³-hybridized carbons (Fsp3) is 0.0526. The van der Waals surface area contributed by atoms with Gasteiger partial charge in [0.05, 0.1) is 5.69 Å². The highest BCUT2D eigenvalue weighted by Gasteiger charge is 2.29. The second-order valence-electron chi connectivity index (χ2n) is 6.10. The van der Waals surface area contributed by atoms with Crippen molar-refractivity contribution in [3.63, 3.8) is 0 Å². The van der Waals surface area contributed by atoms with E-state index in [0.29, 0.717) is 17.2 Å². The van der Waals surface area contributed by atoms with E-state index in [1.807, 2.05) is 36.5 Å². The van der Waals surface area contributed by atoms with E-state index in [0.717, 1.165) is 11.1 Å². The molecule has 1 atom stereocenters. The van der Waals surface area contributed by atoms with Crippen LogP contribution in [0, 0.1) is 22.8 Å². The number of fused-ring (bicyclic) bond motifs is 1. The molecule has 0 saturated carbocycles. The molecule has 0 saturated heterocycles. The average Bonchev–Trinajstić information content (AvgIpc) is 2.74. The summed E-state index contributed by atoms with van der Waals surface area (Å²) >= 11 is 0. The van der Waals surface area contributed by atoms with Crippen LogP contribution in [0.3, 0.4) is 0 Å². The van der Waals surface area contributed by atoms with Gasteiger partial charge in [0.2, 0.25) is 5.96 Å². The zero-order chi connectivity index (χ0) is 20.4. The molecule has 1 aromatic carbocycles.